The first-order valence-corrected chi connectivity index (χ1v) is 6.07. The minimum atomic E-state index is -0.432. The Morgan fingerprint density at radius 2 is 2.18 bits per heavy atom. The summed E-state index contributed by atoms with van der Waals surface area (Å²) in [4.78, 5) is 24.2. The van der Waals surface area contributed by atoms with Gasteiger partial charge in [0, 0.05) is 17.9 Å². The number of nitrogen functional groups attached to an aromatic ring is 1. The molecule has 1 aliphatic heterocycles. The zero-order chi connectivity index (χ0) is 12.4. The smallest absolute Gasteiger partial charge is 0.288 e. The molecule has 1 aromatic rings. The molecule has 0 atom stereocenters. The molecule has 1 heterocycles. The van der Waals surface area contributed by atoms with Gasteiger partial charge in [-0.2, -0.15) is 0 Å². The Labute approximate surface area is 102 Å². The van der Waals surface area contributed by atoms with Crippen molar-refractivity contribution in [3.63, 3.8) is 0 Å². The lowest BCUT2D eigenvalue weighted by Gasteiger charge is -2.24. The topological polar surface area (TPSA) is 63.4 Å². The molecular formula is C11H11FN2O2S. The molecule has 2 amide bonds. The van der Waals surface area contributed by atoms with E-state index in [9.17, 15) is 14.0 Å². The highest BCUT2D eigenvalue weighted by atomic mass is 32.2. The van der Waals surface area contributed by atoms with Crippen molar-refractivity contribution >= 4 is 28.6 Å². The molecule has 17 heavy (non-hydrogen) atoms. The molecule has 1 aliphatic rings. The van der Waals surface area contributed by atoms with Gasteiger partial charge in [0.1, 0.15) is 5.82 Å². The Morgan fingerprint density at radius 1 is 1.41 bits per heavy atom. The lowest BCUT2D eigenvalue weighted by atomic mass is 10.1. The van der Waals surface area contributed by atoms with Crippen LogP contribution in [0.15, 0.2) is 18.2 Å². The van der Waals surface area contributed by atoms with Gasteiger partial charge in [0.15, 0.2) is 0 Å². The second-order valence-corrected chi connectivity index (χ2v) is 4.73. The van der Waals surface area contributed by atoms with Crippen LogP contribution in [0.25, 0.3) is 0 Å². The summed E-state index contributed by atoms with van der Waals surface area (Å²) in [7, 11) is 0. The Morgan fingerprint density at radius 3 is 2.88 bits per heavy atom. The lowest BCUT2D eigenvalue weighted by molar-refractivity contribution is -0.128. The molecule has 2 N–H and O–H groups in total. The molecule has 6 heteroatoms. The monoisotopic (exact) mass is 254 g/mol. The van der Waals surface area contributed by atoms with Crippen molar-refractivity contribution in [3.8, 4) is 0 Å². The minimum Gasteiger partial charge on any atom is -0.398 e. The third-order valence-electron chi connectivity index (χ3n) is 2.50. The standard InChI is InChI=1S/C11H11FN2O2S/c12-8-1-2-9(13)7(5-8)6-14-10(15)3-4-17-11(14)16/h1-2,5H,3-4,6,13H2. The molecule has 0 aliphatic carbocycles. The molecule has 0 bridgehead atoms. The maximum Gasteiger partial charge on any atom is 0.288 e. The second kappa shape index (κ2) is 4.75. The van der Waals surface area contributed by atoms with Gasteiger partial charge in [-0.25, -0.2) is 4.39 Å². The first-order chi connectivity index (χ1) is 8.08. The van der Waals surface area contributed by atoms with Gasteiger partial charge in [-0.3, -0.25) is 14.5 Å². The second-order valence-electron chi connectivity index (χ2n) is 3.69. The number of halogens is 1. The molecule has 1 aromatic carbocycles. The predicted molar refractivity (Wildman–Crippen MR) is 63.8 cm³/mol. The van der Waals surface area contributed by atoms with E-state index in [-0.39, 0.29) is 17.7 Å². The van der Waals surface area contributed by atoms with E-state index in [2.05, 4.69) is 0 Å². The number of carbonyl (C=O) groups is 2. The largest absolute Gasteiger partial charge is 0.398 e. The van der Waals surface area contributed by atoms with E-state index in [0.717, 1.165) is 16.7 Å². The zero-order valence-electron chi connectivity index (χ0n) is 8.98. The summed E-state index contributed by atoms with van der Waals surface area (Å²) < 4.78 is 13.0. The molecule has 0 radical (unpaired) electrons. The van der Waals surface area contributed by atoms with E-state index in [1.807, 2.05) is 0 Å². The maximum absolute atomic E-state index is 13.0. The van der Waals surface area contributed by atoms with Crippen molar-refractivity contribution in [2.24, 2.45) is 0 Å². The number of nitrogens with zero attached hydrogens (tertiary/aromatic N) is 1. The molecule has 0 aromatic heterocycles. The summed E-state index contributed by atoms with van der Waals surface area (Å²) in [6.45, 7) is 0.0360. The maximum atomic E-state index is 13.0. The zero-order valence-corrected chi connectivity index (χ0v) is 9.80. The van der Waals surface area contributed by atoms with Gasteiger partial charge < -0.3 is 5.73 Å². The third-order valence-corrected chi connectivity index (χ3v) is 3.37. The van der Waals surface area contributed by atoms with Crippen LogP contribution in [-0.2, 0) is 11.3 Å². The lowest BCUT2D eigenvalue weighted by Crippen LogP contribution is -2.37. The van der Waals surface area contributed by atoms with Gasteiger partial charge in [0.2, 0.25) is 5.91 Å². The molecule has 0 saturated carbocycles. The molecule has 1 fully saturated rings. The number of thioether (sulfide) groups is 1. The van der Waals surface area contributed by atoms with Gasteiger partial charge in [0.05, 0.1) is 6.54 Å². The number of carbonyl (C=O) groups excluding carboxylic acids is 2. The highest BCUT2D eigenvalue weighted by Gasteiger charge is 2.27. The molecule has 0 unspecified atom stereocenters. The number of imide groups is 1. The van der Waals surface area contributed by atoms with E-state index in [1.165, 1.54) is 18.2 Å². The fourth-order valence-electron chi connectivity index (χ4n) is 1.57. The third kappa shape index (κ3) is 2.58. The average Bonchev–Trinajstić information content (AvgIpc) is 2.28. The van der Waals surface area contributed by atoms with Crippen LogP contribution in [0.4, 0.5) is 14.9 Å². The van der Waals surface area contributed by atoms with E-state index < -0.39 is 5.82 Å². The number of benzene rings is 1. The molecule has 0 spiro atoms. The predicted octanol–water partition coefficient (Wildman–Crippen LogP) is 1.99. The van der Waals surface area contributed by atoms with E-state index in [4.69, 9.17) is 5.73 Å². The summed E-state index contributed by atoms with van der Waals surface area (Å²) in [6, 6.07) is 3.92. The number of hydrogen-bond acceptors (Lipinski definition) is 4. The van der Waals surface area contributed by atoms with Crippen molar-refractivity contribution in [2.45, 2.75) is 13.0 Å². The average molecular weight is 254 g/mol. The number of amides is 2. The highest BCUT2D eigenvalue weighted by Crippen LogP contribution is 2.23. The quantitative estimate of drug-likeness (QED) is 0.820. The van der Waals surface area contributed by atoms with Crippen molar-refractivity contribution in [2.75, 3.05) is 11.5 Å². The van der Waals surface area contributed by atoms with E-state index >= 15 is 0 Å². The van der Waals surface area contributed by atoms with Crippen LogP contribution in [0.1, 0.15) is 12.0 Å². The van der Waals surface area contributed by atoms with Crippen molar-refractivity contribution in [1.82, 2.24) is 4.90 Å². The molecular weight excluding hydrogens is 243 g/mol. The number of nitrogens with two attached hydrogens (primary N) is 1. The summed E-state index contributed by atoms with van der Waals surface area (Å²) in [6.07, 6.45) is 0.325. The number of rotatable bonds is 2. The Bertz CT molecular complexity index is 463. The molecule has 90 valence electrons. The molecule has 2 rings (SSSR count). The Kier molecular flexibility index (Phi) is 3.33. The first kappa shape index (κ1) is 11.9. The van der Waals surface area contributed by atoms with Crippen LogP contribution in [0.5, 0.6) is 0 Å². The number of anilines is 1. The molecule has 1 saturated heterocycles. The Balaban J connectivity index is 2.21. The van der Waals surface area contributed by atoms with Crippen LogP contribution in [0, 0.1) is 5.82 Å². The van der Waals surface area contributed by atoms with Crippen molar-refractivity contribution < 1.29 is 14.0 Å². The van der Waals surface area contributed by atoms with Crippen LogP contribution in [0.2, 0.25) is 0 Å². The van der Waals surface area contributed by atoms with Gasteiger partial charge >= 0.3 is 0 Å². The fraction of sp³-hybridized carbons (Fsp3) is 0.273. The highest BCUT2D eigenvalue weighted by molar-refractivity contribution is 8.13. The summed E-state index contributed by atoms with van der Waals surface area (Å²) in [5, 5.41) is -0.301. The van der Waals surface area contributed by atoms with E-state index in [1.54, 1.807) is 0 Å². The molecule has 4 nitrogen and oxygen atoms in total. The summed E-state index contributed by atoms with van der Waals surface area (Å²) in [5.74, 6) is -0.163. The van der Waals surface area contributed by atoms with Gasteiger partial charge in [-0.1, -0.05) is 11.8 Å². The summed E-state index contributed by atoms with van der Waals surface area (Å²) >= 11 is 1.09. The number of hydrogen-bond donors (Lipinski definition) is 1. The van der Waals surface area contributed by atoms with Crippen molar-refractivity contribution in [1.29, 1.82) is 0 Å². The first-order valence-electron chi connectivity index (χ1n) is 5.09. The summed E-state index contributed by atoms with van der Waals surface area (Å²) in [5.41, 5.74) is 6.51. The van der Waals surface area contributed by atoms with E-state index in [0.29, 0.717) is 23.4 Å². The minimum absolute atomic E-state index is 0.0360. The van der Waals surface area contributed by atoms with Crippen LogP contribution >= 0.6 is 11.8 Å². The van der Waals surface area contributed by atoms with Crippen LogP contribution in [-0.4, -0.2) is 21.8 Å². The fourth-order valence-corrected chi connectivity index (χ4v) is 2.35. The van der Waals surface area contributed by atoms with Gasteiger partial charge in [-0.15, -0.1) is 0 Å². The van der Waals surface area contributed by atoms with Crippen LogP contribution in [0.3, 0.4) is 0 Å². The van der Waals surface area contributed by atoms with Crippen LogP contribution < -0.4 is 5.73 Å². The SMILES string of the molecule is Nc1ccc(F)cc1CN1C(=O)CCSC1=O. The van der Waals surface area contributed by atoms with Gasteiger partial charge in [-0.05, 0) is 23.8 Å². The van der Waals surface area contributed by atoms with Gasteiger partial charge in [0.25, 0.3) is 5.24 Å². The Hall–Kier alpha value is -1.56. The van der Waals surface area contributed by atoms with Crippen molar-refractivity contribution in [3.05, 3.63) is 29.6 Å². The normalized spacial score (nSPS) is 16.4.